The molecule has 1 heterocycles. The minimum absolute atomic E-state index is 0.149. The molecule has 0 amide bonds. The molecule has 0 spiro atoms. The van der Waals surface area contributed by atoms with Crippen molar-refractivity contribution in [1.29, 1.82) is 0 Å². The smallest absolute Gasteiger partial charge is 0.325 e. The highest BCUT2D eigenvalue weighted by Crippen LogP contribution is 2.04. The van der Waals surface area contributed by atoms with Crippen molar-refractivity contribution in [3.63, 3.8) is 0 Å². The zero-order valence-electron chi connectivity index (χ0n) is 4.81. The maximum atomic E-state index is 10.4. The summed E-state index contributed by atoms with van der Waals surface area (Å²) in [4.78, 5) is 14.8. The first-order valence-corrected chi connectivity index (χ1v) is 2.71. The third-order valence-corrected chi connectivity index (χ3v) is 1.13. The molecule has 1 unspecified atom stereocenters. The Hall–Kier alpha value is -0.570. The molecule has 1 N–H and O–H groups in total. The highest BCUT2D eigenvalue weighted by Gasteiger charge is 2.15. The number of hydrogen-bond acceptors (Lipinski definition) is 3. The topological polar surface area (TPSA) is 38.3 Å². The Morgan fingerprint density at radius 1 is 1.88 bits per heavy atom. The molecule has 1 rings (SSSR count). The largest absolute Gasteiger partial charge is 0.371 e. The Bertz CT molecular complexity index is 103. The van der Waals surface area contributed by atoms with Gasteiger partial charge in [0.15, 0.2) is 0 Å². The van der Waals surface area contributed by atoms with Crippen molar-refractivity contribution in [2.24, 2.45) is 5.92 Å². The highest BCUT2D eigenvalue weighted by molar-refractivity contribution is 5.69. The van der Waals surface area contributed by atoms with E-state index >= 15 is 0 Å². The molecule has 0 aliphatic carbocycles. The number of hydroxylamine groups is 1. The van der Waals surface area contributed by atoms with Gasteiger partial charge in [0.25, 0.3) is 0 Å². The van der Waals surface area contributed by atoms with E-state index in [-0.39, 0.29) is 5.97 Å². The van der Waals surface area contributed by atoms with Gasteiger partial charge in [0.05, 0.1) is 6.42 Å². The molecular formula is C5H9NO2. The fourth-order valence-electron chi connectivity index (χ4n) is 0.663. The van der Waals surface area contributed by atoms with Crippen LogP contribution < -0.4 is 5.48 Å². The Morgan fingerprint density at radius 3 is 3.00 bits per heavy atom. The number of hydrogen-bond donors (Lipinski definition) is 1. The molecule has 1 atom stereocenters. The van der Waals surface area contributed by atoms with Crippen molar-refractivity contribution in [3.05, 3.63) is 0 Å². The summed E-state index contributed by atoms with van der Waals surface area (Å²) >= 11 is 0. The van der Waals surface area contributed by atoms with Crippen LogP contribution in [0.4, 0.5) is 0 Å². The highest BCUT2D eigenvalue weighted by atomic mass is 16.7. The second-order valence-electron chi connectivity index (χ2n) is 2.13. The standard InChI is InChI=1S/C5H9NO2/c1-4-2-5(7)8-6-3-4/h4,6H,2-3H2,1H3. The van der Waals surface area contributed by atoms with Gasteiger partial charge in [-0.25, -0.2) is 0 Å². The van der Waals surface area contributed by atoms with Crippen LogP contribution in [0.5, 0.6) is 0 Å². The van der Waals surface area contributed by atoms with Gasteiger partial charge in [-0.15, -0.1) is 0 Å². The van der Waals surface area contributed by atoms with Crippen LogP contribution in [0.1, 0.15) is 13.3 Å². The van der Waals surface area contributed by atoms with Crippen molar-refractivity contribution >= 4 is 5.97 Å². The van der Waals surface area contributed by atoms with E-state index in [0.29, 0.717) is 12.3 Å². The van der Waals surface area contributed by atoms with Crippen LogP contribution in [0.25, 0.3) is 0 Å². The molecular weight excluding hydrogens is 106 g/mol. The summed E-state index contributed by atoms with van der Waals surface area (Å²) in [5.74, 6) is 0.278. The van der Waals surface area contributed by atoms with Crippen LogP contribution in [0.3, 0.4) is 0 Å². The van der Waals surface area contributed by atoms with Crippen molar-refractivity contribution in [3.8, 4) is 0 Å². The average Bonchev–Trinajstić information content (AvgIpc) is 1.64. The zero-order chi connectivity index (χ0) is 5.98. The van der Waals surface area contributed by atoms with E-state index in [0.717, 1.165) is 6.54 Å². The predicted molar refractivity (Wildman–Crippen MR) is 27.9 cm³/mol. The van der Waals surface area contributed by atoms with Crippen molar-refractivity contribution in [2.45, 2.75) is 13.3 Å². The maximum absolute atomic E-state index is 10.4. The van der Waals surface area contributed by atoms with E-state index in [4.69, 9.17) is 0 Å². The number of rotatable bonds is 0. The Balaban J connectivity index is 2.34. The zero-order valence-corrected chi connectivity index (χ0v) is 4.81. The minimum atomic E-state index is -0.149. The van der Waals surface area contributed by atoms with Gasteiger partial charge < -0.3 is 4.84 Å². The lowest BCUT2D eigenvalue weighted by Crippen LogP contribution is -2.32. The molecule has 3 nitrogen and oxygen atoms in total. The van der Waals surface area contributed by atoms with E-state index in [1.165, 1.54) is 0 Å². The van der Waals surface area contributed by atoms with Crippen molar-refractivity contribution in [1.82, 2.24) is 5.48 Å². The minimum Gasteiger partial charge on any atom is -0.371 e. The first-order chi connectivity index (χ1) is 3.79. The van der Waals surface area contributed by atoms with Crippen molar-refractivity contribution < 1.29 is 9.63 Å². The van der Waals surface area contributed by atoms with Gasteiger partial charge in [0.1, 0.15) is 0 Å². The first-order valence-electron chi connectivity index (χ1n) is 2.71. The SMILES string of the molecule is CC1CNOC(=O)C1. The maximum Gasteiger partial charge on any atom is 0.325 e. The third kappa shape index (κ3) is 1.20. The summed E-state index contributed by atoms with van der Waals surface area (Å²) in [7, 11) is 0. The van der Waals surface area contributed by atoms with Gasteiger partial charge in [-0.1, -0.05) is 6.92 Å². The fourth-order valence-corrected chi connectivity index (χ4v) is 0.663. The van der Waals surface area contributed by atoms with Crippen LogP contribution in [-0.4, -0.2) is 12.5 Å². The Kier molecular flexibility index (Phi) is 1.48. The van der Waals surface area contributed by atoms with Crippen LogP contribution in [0.15, 0.2) is 0 Å². The molecule has 0 aromatic rings. The van der Waals surface area contributed by atoms with E-state index in [2.05, 4.69) is 10.3 Å². The van der Waals surface area contributed by atoms with Gasteiger partial charge in [0, 0.05) is 6.54 Å². The van der Waals surface area contributed by atoms with Crippen molar-refractivity contribution in [2.75, 3.05) is 6.54 Å². The number of nitrogens with one attached hydrogen (secondary N) is 1. The normalized spacial score (nSPS) is 29.6. The monoisotopic (exact) mass is 115 g/mol. The van der Waals surface area contributed by atoms with Gasteiger partial charge in [-0.3, -0.25) is 4.79 Å². The summed E-state index contributed by atoms with van der Waals surface area (Å²) in [6, 6.07) is 0. The second kappa shape index (κ2) is 2.13. The Morgan fingerprint density at radius 2 is 2.62 bits per heavy atom. The molecule has 0 aromatic heterocycles. The van der Waals surface area contributed by atoms with E-state index < -0.39 is 0 Å². The molecule has 1 saturated heterocycles. The third-order valence-electron chi connectivity index (χ3n) is 1.13. The lowest BCUT2D eigenvalue weighted by Gasteiger charge is -2.16. The molecule has 1 fully saturated rings. The van der Waals surface area contributed by atoms with Gasteiger partial charge in [-0.05, 0) is 5.92 Å². The van der Waals surface area contributed by atoms with Gasteiger partial charge >= 0.3 is 5.97 Å². The number of carbonyl (C=O) groups excluding carboxylic acids is 1. The van der Waals surface area contributed by atoms with E-state index in [1.807, 2.05) is 6.92 Å². The molecule has 1 aliphatic heterocycles. The molecule has 1 aliphatic rings. The lowest BCUT2D eigenvalue weighted by molar-refractivity contribution is -0.157. The van der Waals surface area contributed by atoms with E-state index in [1.54, 1.807) is 0 Å². The first kappa shape index (κ1) is 5.56. The number of carbonyl (C=O) groups is 1. The van der Waals surface area contributed by atoms with Gasteiger partial charge in [-0.2, -0.15) is 5.48 Å². The molecule has 0 aromatic carbocycles. The molecule has 3 heteroatoms. The summed E-state index contributed by atoms with van der Waals surface area (Å²) in [6.45, 7) is 2.79. The predicted octanol–water partition coefficient (Wildman–Crippen LogP) is 0.0740. The molecule has 0 bridgehead atoms. The average molecular weight is 115 g/mol. The lowest BCUT2D eigenvalue weighted by atomic mass is 10.1. The second-order valence-corrected chi connectivity index (χ2v) is 2.13. The molecule has 0 radical (unpaired) electrons. The summed E-state index contributed by atoms with van der Waals surface area (Å²) < 4.78 is 0. The van der Waals surface area contributed by atoms with Gasteiger partial charge in [0.2, 0.25) is 0 Å². The van der Waals surface area contributed by atoms with E-state index in [9.17, 15) is 4.79 Å². The van der Waals surface area contributed by atoms with Crippen LogP contribution in [0.2, 0.25) is 0 Å². The molecule has 8 heavy (non-hydrogen) atoms. The molecule has 46 valence electrons. The molecule has 0 saturated carbocycles. The quantitative estimate of drug-likeness (QED) is 0.485. The van der Waals surface area contributed by atoms with Crippen LogP contribution >= 0.6 is 0 Å². The van der Waals surface area contributed by atoms with Crippen LogP contribution in [-0.2, 0) is 9.63 Å². The Labute approximate surface area is 48.0 Å². The fraction of sp³-hybridized carbons (Fsp3) is 0.800. The summed E-state index contributed by atoms with van der Waals surface area (Å²) in [6.07, 6.45) is 0.549. The summed E-state index contributed by atoms with van der Waals surface area (Å²) in [5, 5.41) is 0. The summed E-state index contributed by atoms with van der Waals surface area (Å²) in [5.41, 5.74) is 2.53. The van der Waals surface area contributed by atoms with Crippen LogP contribution in [0, 0.1) is 5.92 Å².